The zero-order chi connectivity index (χ0) is 20.3. The molecule has 0 aliphatic carbocycles. The molecule has 0 saturated carbocycles. The molecule has 2 aromatic carbocycles. The molecule has 1 saturated heterocycles. The van der Waals surface area contributed by atoms with E-state index in [9.17, 15) is 0 Å². The molecule has 2 N–H and O–H groups in total. The monoisotopic (exact) mass is 389 g/mol. The molecule has 3 atom stereocenters. The Hall–Kier alpha value is -2.40. The molecular formula is C25H31N3O. The van der Waals surface area contributed by atoms with Gasteiger partial charge in [0, 0.05) is 43.2 Å². The van der Waals surface area contributed by atoms with E-state index in [4.69, 9.17) is 4.74 Å². The number of methoxy groups -OCH3 is 1. The molecule has 0 amide bonds. The maximum atomic E-state index is 6.21. The lowest BCUT2D eigenvalue weighted by Gasteiger charge is -2.47. The van der Waals surface area contributed by atoms with Gasteiger partial charge in [-0.3, -0.25) is 5.32 Å². The van der Waals surface area contributed by atoms with Crippen LogP contribution in [0.1, 0.15) is 35.0 Å². The summed E-state index contributed by atoms with van der Waals surface area (Å²) in [5, 5.41) is 7.58. The minimum absolute atomic E-state index is 0.120. The van der Waals surface area contributed by atoms with Crippen LogP contribution in [0.2, 0.25) is 0 Å². The van der Waals surface area contributed by atoms with Gasteiger partial charge in [0.25, 0.3) is 0 Å². The molecule has 4 rings (SSSR count). The zero-order valence-corrected chi connectivity index (χ0v) is 17.6. The number of hydrogen-bond acceptors (Lipinski definition) is 3. The molecule has 4 nitrogen and oxygen atoms in total. The lowest BCUT2D eigenvalue weighted by molar-refractivity contribution is -0.0982. The van der Waals surface area contributed by atoms with E-state index in [0.717, 1.165) is 25.1 Å². The lowest BCUT2D eigenvalue weighted by Crippen LogP contribution is -2.63. The van der Waals surface area contributed by atoms with Crippen LogP contribution in [0, 0.1) is 13.8 Å². The van der Waals surface area contributed by atoms with E-state index < -0.39 is 5.72 Å². The molecule has 152 valence electrons. The number of aryl methyl sites for hydroxylation is 2. The van der Waals surface area contributed by atoms with Crippen molar-refractivity contribution >= 4 is 0 Å². The van der Waals surface area contributed by atoms with Crippen molar-refractivity contribution in [3.8, 4) is 0 Å². The van der Waals surface area contributed by atoms with Crippen molar-refractivity contribution in [3.05, 3.63) is 95.3 Å². The number of rotatable bonds is 6. The van der Waals surface area contributed by atoms with Gasteiger partial charge in [-0.2, -0.15) is 0 Å². The summed E-state index contributed by atoms with van der Waals surface area (Å²) >= 11 is 0. The fourth-order valence-corrected chi connectivity index (χ4v) is 4.75. The summed E-state index contributed by atoms with van der Waals surface area (Å²) in [6.45, 7) is 6.05. The van der Waals surface area contributed by atoms with E-state index in [0.29, 0.717) is 6.04 Å². The molecule has 1 aromatic heterocycles. The highest BCUT2D eigenvalue weighted by Gasteiger charge is 2.45. The standard InChI is InChI=1S/C25H31N3O/c1-19-14-15-20(2)28(19)23-16-24(26-17-21-10-6-4-7-11-21)25(29-3,27-18-23)22-12-8-5-9-13-22/h4-15,23-24,26-27H,16-18H2,1-3H3/t23?,24-,25-/m0/s1. The normalized spacial score (nSPS) is 24.5. The van der Waals surface area contributed by atoms with E-state index in [1.54, 1.807) is 0 Å². The third kappa shape index (κ3) is 3.88. The summed E-state index contributed by atoms with van der Waals surface area (Å²) in [4.78, 5) is 0. The Morgan fingerprint density at radius 1 is 0.966 bits per heavy atom. The third-order valence-electron chi connectivity index (χ3n) is 6.21. The van der Waals surface area contributed by atoms with Crippen LogP contribution in [0.3, 0.4) is 0 Å². The van der Waals surface area contributed by atoms with Crippen LogP contribution in [0.4, 0.5) is 0 Å². The number of ether oxygens (including phenoxy) is 1. The highest BCUT2D eigenvalue weighted by Crippen LogP contribution is 2.36. The van der Waals surface area contributed by atoms with Crippen LogP contribution in [0.15, 0.2) is 72.8 Å². The summed E-state index contributed by atoms with van der Waals surface area (Å²) in [7, 11) is 1.81. The average Bonchev–Trinajstić information content (AvgIpc) is 3.11. The first-order valence-electron chi connectivity index (χ1n) is 10.4. The topological polar surface area (TPSA) is 38.2 Å². The zero-order valence-electron chi connectivity index (χ0n) is 17.6. The van der Waals surface area contributed by atoms with Crippen LogP contribution in [0.25, 0.3) is 0 Å². The minimum atomic E-state index is -0.554. The lowest BCUT2D eigenvalue weighted by atomic mass is 9.85. The van der Waals surface area contributed by atoms with E-state index >= 15 is 0 Å². The van der Waals surface area contributed by atoms with E-state index in [1.807, 2.05) is 7.11 Å². The van der Waals surface area contributed by atoms with Gasteiger partial charge in [0.05, 0.1) is 6.04 Å². The molecule has 2 heterocycles. The van der Waals surface area contributed by atoms with Crippen molar-refractivity contribution in [3.63, 3.8) is 0 Å². The molecule has 0 radical (unpaired) electrons. The fraction of sp³-hybridized carbons (Fsp3) is 0.360. The number of benzene rings is 2. The Kier molecular flexibility index (Phi) is 5.86. The molecule has 3 aromatic rings. The highest BCUT2D eigenvalue weighted by molar-refractivity contribution is 5.27. The average molecular weight is 390 g/mol. The van der Waals surface area contributed by atoms with Gasteiger partial charge in [-0.15, -0.1) is 0 Å². The van der Waals surface area contributed by atoms with Crippen LogP contribution in [0.5, 0.6) is 0 Å². The molecule has 1 unspecified atom stereocenters. The fourth-order valence-electron chi connectivity index (χ4n) is 4.75. The van der Waals surface area contributed by atoms with Gasteiger partial charge < -0.3 is 14.6 Å². The molecule has 0 spiro atoms. The van der Waals surface area contributed by atoms with Crippen molar-refractivity contribution in [1.29, 1.82) is 0 Å². The number of nitrogens with zero attached hydrogens (tertiary/aromatic N) is 1. The summed E-state index contributed by atoms with van der Waals surface area (Å²) in [6.07, 6.45) is 0.985. The van der Waals surface area contributed by atoms with Crippen molar-refractivity contribution in [2.45, 2.75) is 44.6 Å². The molecule has 0 bridgehead atoms. The van der Waals surface area contributed by atoms with Gasteiger partial charge in [0.15, 0.2) is 5.72 Å². The SMILES string of the molecule is CO[C@]1(c2ccccc2)NCC(n2c(C)ccc2C)C[C@@H]1NCc1ccccc1. The number of aromatic nitrogens is 1. The van der Waals surface area contributed by atoms with Gasteiger partial charge in [0.2, 0.25) is 0 Å². The first kappa shape index (κ1) is 19.9. The molecule has 1 fully saturated rings. The van der Waals surface area contributed by atoms with Crippen molar-refractivity contribution in [2.75, 3.05) is 13.7 Å². The first-order valence-corrected chi connectivity index (χ1v) is 10.4. The Labute approximate surface area is 173 Å². The summed E-state index contributed by atoms with van der Waals surface area (Å²) < 4.78 is 8.66. The van der Waals surface area contributed by atoms with Crippen LogP contribution < -0.4 is 10.6 Å². The van der Waals surface area contributed by atoms with Gasteiger partial charge in [0.1, 0.15) is 0 Å². The van der Waals surface area contributed by atoms with E-state index in [2.05, 4.69) is 102 Å². The number of hydrogen-bond donors (Lipinski definition) is 2. The molecule has 29 heavy (non-hydrogen) atoms. The second kappa shape index (κ2) is 8.54. The first-order chi connectivity index (χ1) is 14.1. The molecular weight excluding hydrogens is 358 g/mol. The Balaban J connectivity index is 1.65. The Morgan fingerprint density at radius 3 is 2.21 bits per heavy atom. The summed E-state index contributed by atoms with van der Waals surface area (Å²) in [5.74, 6) is 0. The second-order valence-corrected chi connectivity index (χ2v) is 7.98. The molecule has 1 aliphatic heterocycles. The van der Waals surface area contributed by atoms with E-state index in [-0.39, 0.29) is 6.04 Å². The Morgan fingerprint density at radius 2 is 1.59 bits per heavy atom. The minimum Gasteiger partial charge on any atom is -0.358 e. The van der Waals surface area contributed by atoms with Gasteiger partial charge in [-0.25, -0.2) is 0 Å². The van der Waals surface area contributed by atoms with Gasteiger partial charge >= 0.3 is 0 Å². The number of piperidine rings is 1. The van der Waals surface area contributed by atoms with E-state index in [1.165, 1.54) is 17.0 Å². The predicted octanol–water partition coefficient (Wildman–Crippen LogP) is 4.30. The van der Waals surface area contributed by atoms with Gasteiger partial charge in [-0.05, 0) is 38.0 Å². The number of nitrogens with one attached hydrogen (secondary N) is 2. The quantitative estimate of drug-likeness (QED) is 0.660. The maximum Gasteiger partial charge on any atom is 0.160 e. The second-order valence-electron chi connectivity index (χ2n) is 7.98. The summed E-state index contributed by atoms with van der Waals surface area (Å²) in [6, 6.07) is 26.0. The van der Waals surface area contributed by atoms with Crippen molar-refractivity contribution in [1.82, 2.24) is 15.2 Å². The van der Waals surface area contributed by atoms with Crippen molar-refractivity contribution < 1.29 is 4.74 Å². The maximum absolute atomic E-state index is 6.21. The summed E-state index contributed by atoms with van der Waals surface area (Å²) in [5.41, 5.74) is 4.50. The third-order valence-corrected chi connectivity index (χ3v) is 6.21. The smallest absolute Gasteiger partial charge is 0.160 e. The van der Waals surface area contributed by atoms with Crippen molar-refractivity contribution in [2.24, 2.45) is 0 Å². The molecule has 1 aliphatic rings. The largest absolute Gasteiger partial charge is 0.358 e. The predicted molar refractivity (Wildman–Crippen MR) is 118 cm³/mol. The van der Waals surface area contributed by atoms with Crippen LogP contribution in [-0.2, 0) is 17.0 Å². The Bertz CT molecular complexity index is 902. The van der Waals surface area contributed by atoms with Gasteiger partial charge in [-0.1, -0.05) is 60.7 Å². The van der Waals surface area contributed by atoms with Crippen LogP contribution in [-0.4, -0.2) is 24.3 Å². The van der Waals surface area contributed by atoms with Crippen LogP contribution >= 0.6 is 0 Å². The highest BCUT2D eigenvalue weighted by atomic mass is 16.5. The molecule has 4 heteroatoms.